The molecule has 0 fully saturated rings. The van der Waals surface area contributed by atoms with Gasteiger partial charge in [0, 0.05) is 17.8 Å². The molecule has 2 heterocycles. The monoisotopic (exact) mass is 394 g/mol. The van der Waals surface area contributed by atoms with Crippen molar-refractivity contribution in [2.75, 3.05) is 21.2 Å². The average Bonchev–Trinajstić information content (AvgIpc) is 3.27. The summed E-state index contributed by atoms with van der Waals surface area (Å²) in [5, 5.41) is 11.9. The molecule has 2 aromatic heterocycles. The van der Waals surface area contributed by atoms with Crippen LogP contribution in [0.1, 0.15) is 17.3 Å². The van der Waals surface area contributed by atoms with Crippen LogP contribution in [-0.4, -0.2) is 51.1 Å². The fourth-order valence-corrected chi connectivity index (χ4v) is 2.30. The van der Waals surface area contributed by atoms with Crippen molar-refractivity contribution in [3.05, 3.63) is 41.9 Å². The van der Waals surface area contributed by atoms with Crippen molar-refractivity contribution in [3.63, 3.8) is 0 Å². The summed E-state index contributed by atoms with van der Waals surface area (Å²) in [5.74, 6) is 0.915. The lowest BCUT2D eigenvalue weighted by molar-refractivity contribution is -0.137. The first-order valence-corrected chi connectivity index (χ1v) is 8.07. The van der Waals surface area contributed by atoms with Crippen molar-refractivity contribution in [3.8, 4) is 17.1 Å². The summed E-state index contributed by atoms with van der Waals surface area (Å²) in [6, 6.07) is 3.32. The van der Waals surface area contributed by atoms with Crippen LogP contribution in [0.4, 0.5) is 13.2 Å². The second kappa shape index (κ2) is 7.80. The van der Waals surface area contributed by atoms with Gasteiger partial charge in [-0.15, -0.1) is 15.3 Å². The SMILES string of the molecule is COc1cc(-c2ncn(C=Cc3nnc(CN(C)C)o3)n2)cc(C(F)(F)F)c1. The van der Waals surface area contributed by atoms with E-state index in [2.05, 4.69) is 20.3 Å². The van der Waals surface area contributed by atoms with E-state index in [-0.39, 0.29) is 23.0 Å². The van der Waals surface area contributed by atoms with Gasteiger partial charge in [-0.2, -0.15) is 13.2 Å². The molecule has 3 rings (SSSR count). The van der Waals surface area contributed by atoms with Gasteiger partial charge in [0.15, 0.2) is 5.82 Å². The molecule has 1 aromatic carbocycles. The standard InChI is InChI=1S/C17H17F3N6O2/c1-25(2)9-15-23-22-14(28-15)4-5-26-10-21-16(24-26)11-6-12(17(18,19)20)8-13(7-11)27-3/h4-8,10H,9H2,1-3H3. The second-order valence-corrected chi connectivity index (χ2v) is 6.08. The number of alkyl halides is 3. The van der Waals surface area contributed by atoms with E-state index < -0.39 is 11.7 Å². The van der Waals surface area contributed by atoms with E-state index in [9.17, 15) is 13.2 Å². The van der Waals surface area contributed by atoms with E-state index >= 15 is 0 Å². The Bertz CT molecular complexity index is 977. The van der Waals surface area contributed by atoms with Crippen LogP contribution >= 0.6 is 0 Å². The Morgan fingerprint density at radius 1 is 1.21 bits per heavy atom. The fourth-order valence-electron chi connectivity index (χ4n) is 2.30. The summed E-state index contributed by atoms with van der Waals surface area (Å²) in [6.07, 6.45) is -0.116. The molecule has 148 valence electrons. The summed E-state index contributed by atoms with van der Waals surface area (Å²) in [7, 11) is 5.04. The predicted octanol–water partition coefficient (Wildman–Crippen LogP) is 3.05. The summed E-state index contributed by atoms with van der Waals surface area (Å²) in [4.78, 5) is 5.93. The highest BCUT2D eigenvalue weighted by Crippen LogP contribution is 2.34. The van der Waals surface area contributed by atoms with Crippen LogP contribution < -0.4 is 4.74 Å². The van der Waals surface area contributed by atoms with Crippen molar-refractivity contribution >= 4 is 12.3 Å². The molecule has 0 aliphatic rings. The first kappa shape index (κ1) is 19.5. The Balaban J connectivity index is 1.81. The smallest absolute Gasteiger partial charge is 0.416 e. The lowest BCUT2D eigenvalue weighted by Gasteiger charge is -2.10. The molecule has 0 atom stereocenters. The lowest BCUT2D eigenvalue weighted by Crippen LogP contribution is -2.10. The maximum atomic E-state index is 13.1. The van der Waals surface area contributed by atoms with Crippen molar-refractivity contribution in [1.29, 1.82) is 0 Å². The molecule has 0 unspecified atom stereocenters. The molecular formula is C17H17F3N6O2. The fraction of sp³-hybridized carbons (Fsp3) is 0.294. The van der Waals surface area contributed by atoms with Crippen LogP contribution in [0.25, 0.3) is 23.7 Å². The summed E-state index contributed by atoms with van der Waals surface area (Å²) in [5.41, 5.74) is -0.655. The molecular weight excluding hydrogens is 377 g/mol. The molecule has 0 N–H and O–H groups in total. The topological polar surface area (TPSA) is 82.1 Å². The molecule has 0 aliphatic carbocycles. The molecule has 3 aromatic rings. The van der Waals surface area contributed by atoms with E-state index in [0.717, 1.165) is 12.1 Å². The quantitative estimate of drug-likeness (QED) is 0.636. The molecule has 0 spiro atoms. The Hall–Kier alpha value is -3.21. The van der Waals surface area contributed by atoms with E-state index in [1.54, 1.807) is 0 Å². The predicted molar refractivity (Wildman–Crippen MR) is 93.9 cm³/mol. The number of benzene rings is 1. The largest absolute Gasteiger partial charge is 0.497 e. The van der Waals surface area contributed by atoms with Gasteiger partial charge in [-0.05, 0) is 32.3 Å². The van der Waals surface area contributed by atoms with E-state index in [1.807, 2.05) is 19.0 Å². The minimum Gasteiger partial charge on any atom is -0.497 e. The normalized spacial score (nSPS) is 12.2. The molecule has 0 aliphatic heterocycles. The first-order valence-electron chi connectivity index (χ1n) is 8.07. The number of methoxy groups -OCH3 is 1. The van der Waals surface area contributed by atoms with Gasteiger partial charge in [-0.25, -0.2) is 9.67 Å². The minimum absolute atomic E-state index is 0.0657. The van der Waals surface area contributed by atoms with Crippen LogP contribution in [0.2, 0.25) is 0 Å². The Morgan fingerprint density at radius 3 is 2.68 bits per heavy atom. The highest BCUT2D eigenvalue weighted by molar-refractivity contribution is 5.60. The Labute approximate surface area is 158 Å². The molecule has 0 radical (unpaired) electrons. The van der Waals surface area contributed by atoms with Crippen molar-refractivity contribution in [2.45, 2.75) is 12.7 Å². The maximum Gasteiger partial charge on any atom is 0.416 e. The minimum atomic E-state index is -4.51. The Kier molecular flexibility index (Phi) is 5.45. The summed E-state index contributed by atoms with van der Waals surface area (Å²) in [6.45, 7) is 0.506. The number of nitrogens with zero attached hydrogens (tertiary/aromatic N) is 6. The molecule has 11 heteroatoms. The van der Waals surface area contributed by atoms with Crippen molar-refractivity contribution in [2.24, 2.45) is 0 Å². The molecule has 0 saturated heterocycles. The molecule has 0 amide bonds. The number of hydrogen-bond acceptors (Lipinski definition) is 7. The molecule has 8 nitrogen and oxygen atoms in total. The third kappa shape index (κ3) is 4.74. The van der Waals surface area contributed by atoms with Gasteiger partial charge in [-0.1, -0.05) is 0 Å². The van der Waals surface area contributed by atoms with Crippen molar-refractivity contribution < 1.29 is 22.3 Å². The lowest BCUT2D eigenvalue weighted by atomic mass is 10.1. The highest BCUT2D eigenvalue weighted by Gasteiger charge is 2.31. The van der Waals surface area contributed by atoms with Gasteiger partial charge in [0.05, 0.1) is 19.2 Å². The second-order valence-electron chi connectivity index (χ2n) is 6.08. The van der Waals surface area contributed by atoms with Gasteiger partial charge >= 0.3 is 6.18 Å². The highest BCUT2D eigenvalue weighted by atomic mass is 19.4. The zero-order valence-corrected chi connectivity index (χ0v) is 15.3. The third-order valence-corrected chi connectivity index (χ3v) is 3.54. The summed E-state index contributed by atoms with van der Waals surface area (Å²) < 4.78 is 50.9. The number of rotatable bonds is 6. The van der Waals surface area contributed by atoms with Crippen LogP contribution in [0.15, 0.2) is 28.9 Å². The third-order valence-electron chi connectivity index (χ3n) is 3.54. The van der Waals surface area contributed by atoms with E-state index in [0.29, 0.717) is 12.4 Å². The molecule has 0 saturated carbocycles. The average molecular weight is 394 g/mol. The zero-order valence-electron chi connectivity index (χ0n) is 15.3. The van der Waals surface area contributed by atoms with Crippen LogP contribution in [0.5, 0.6) is 5.75 Å². The zero-order chi connectivity index (χ0) is 20.3. The Morgan fingerprint density at radius 2 is 2.00 bits per heavy atom. The number of hydrogen-bond donors (Lipinski definition) is 0. The van der Waals surface area contributed by atoms with E-state index in [1.165, 1.54) is 36.5 Å². The van der Waals surface area contributed by atoms with Gasteiger partial charge < -0.3 is 14.1 Å². The van der Waals surface area contributed by atoms with Crippen LogP contribution in [0, 0.1) is 0 Å². The van der Waals surface area contributed by atoms with Gasteiger partial charge in [0.25, 0.3) is 0 Å². The maximum absolute atomic E-state index is 13.1. The number of ether oxygens (including phenoxy) is 1. The first-order chi connectivity index (χ1) is 13.2. The van der Waals surface area contributed by atoms with Gasteiger partial charge in [0.1, 0.15) is 12.1 Å². The van der Waals surface area contributed by atoms with Crippen LogP contribution in [-0.2, 0) is 12.7 Å². The molecule has 28 heavy (non-hydrogen) atoms. The van der Waals surface area contributed by atoms with Crippen LogP contribution in [0.3, 0.4) is 0 Å². The van der Waals surface area contributed by atoms with Gasteiger partial charge in [0.2, 0.25) is 11.8 Å². The number of aromatic nitrogens is 5. The summed E-state index contributed by atoms with van der Waals surface area (Å²) >= 11 is 0. The molecule has 0 bridgehead atoms. The van der Waals surface area contributed by atoms with Crippen molar-refractivity contribution in [1.82, 2.24) is 29.9 Å². The number of halogens is 3. The van der Waals surface area contributed by atoms with Gasteiger partial charge in [-0.3, -0.25) is 0 Å². The van der Waals surface area contributed by atoms with E-state index in [4.69, 9.17) is 9.15 Å².